The van der Waals surface area contributed by atoms with E-state index in [-0.39, 0.29) is 0 Å². The third kappa shape index (κ3) is 2.31. The van der Waals surface area contributed by atoms with Crippen molar-refractivity contribution in [2.75, 3.05) is 0 Å². The molecule has 0 aliphatic carbocycles. The Balaban J connectivity index is 1.92. The van der Waals surface area contributed by atoms with E-state index in [0.29, 0.717) is 11.5 Å². The molecule has 2 heterocycles. The lowest BCUT2D eigenvalue weighted by Gasteiger charge is -2.04. The minimum absolute atomic E-state index is 0.505. The lowest BCUT2D eigenvalue weighted by molar-refractivity contribution is 0.464. The van der Waals surface area contributed by atoms with Crippen molar-refractivity contribution in [2.24, 2.45) is 0 Å². The Labute approximate surface area is 112 Å². The predicted molar refractivity (Wildman–Crippen MR) is 71.5 cm³/mol. The van der Waals surface area contributed by atoms with Gasteiger partial charge in [-0.1, -0.05) is 15.9 Å². The van der Waals surface area contributed by atoms with Crippen molar-refractivity contribution in [1.82, 2.24) is 15.0 Å². The van der Waals surface area contributed by atoms with Gasteiger partial charge in [-0.3, -0.25) is 4.98 Å². The fraction of sp³-hybridized carbons (Fsp3) is 0. The van der Waals surface area contributed by atoms with Gasteiger partial charge in [0, 0.05) is 22.9 Å². The van der Waals surface area contributed by atoms with Gasteiger partial charge in [-0.05, 0) is 30.3 Å². The Morgan fingerprint density at radius 1 is 0.889 bits per heavy atom. The fourth-order valence-corrected chi connectivity index (χ4v) is 1.78. The molecular formula is C13H8BrN3O. The molecule has 88 valence electrons. The molecule has 3 aromatic rings. The highest BCUT2D eigenvalue weighted by atomic mass is 79.9. The summed E-state index contributed by atoms with van der Waals surface area (Å²) >= 11 is 3.37. The van der Waals surface area contributed by atoms with Crippen molar-refractivity contribution in [3.63, 3.8) is 0 Å². The summed E-state index contributed by atoms with van der Waals surface area (Å²) in [5.41, 5.74) is 1.33. The molecule has 0 aliphatic heterocycles. The van der Waals surface area contributed by atoms with Gasteiger partial charge in [-0.25, -0.2) is 4.98 Å². The number of hydrogen-bond donors (Lipinski definition) is 0. The van der Waals surface area contributed by atoms with Gasteiger partial charge in [0.2, 0.25) is 5.88 Å². The monoisotopic (exact) mass is 301 g/mol. The molecule has 0 spiro atoms. The first-order valence-corrected chi connectivity index (χ1v) is 6.12. The Morgan fingerprint density at radius 3 is 2.50 bits per heavy atom. The molecule has 0 atom stereocenters. The fourth-order valence-electron chi connectivity index (χ4n) is 1.52. The Morgan fingerprint density at radius 2 is 1.67 bits per heavy atom. The van der Waals surface area contributed by atoms with E-state index in [1.807, 2.05) is 30.3 Å². The van der Waals surface area contributed by atoms with Gasteiger partial charge in [-0.15, -0.1) is 0 Å². The minimum Gasteiger partial charge on any atom is -0.439 e. The second-order valence-electron chi connectivity index (χ2n) is 3.60. The maximum atomic E-state index is 5.64. The average molecular weight is 302 g/mol. The highest BCUT2D eigenvalue weighted by molar-refractivity contribution is 9.10. The van der Waals surface area contributed by atoms with Crippen LogP contribution >= 0.6 is 15.9 Å². The van der Waals surface area contributed by atoms with Crippen LogP contribution < -0.4 is 4.74 Å². The number of pyridine rings is 1. The van der Waals surface area contributed by atoms with E-state index in [1.54, 1.807) is 18.5 Å². The molecule has 0 bridgehead atoms. The number of ether oxygens (including phenoxy) is 1. The molecule has 5 heteroatoms. The van der Waals surface area contributed by atoms with Crippen molar-refractivity contribution in [3.8, 4) is 11.6 Å². The van der Waals surface area contributed by atoms with Crippen LogP contribution in [0.3, 0.4) is 0 Å². The molecule has 3 rings (SSSR count). The van der Waals surface area contributed by atoms with Gasteiger partial charge in [0.05, 0.1) is 0 Å². The number of halogens is 1. The van der Waals surface area contributed by atoms with E-state index in [9.17, 15) is 0 Å². The van der Waals surface area contributed by atoms with E-state index in [2.05, 4.69) is 30.9 Å². The maximum absolute atomic E-state index is 5.64. The van der Waals surface area contributed by atoms with Crippen molar-refractivity contribution < 1.29 is 4.74 Å². The third-order valence-electron chi connectivity index (χ3n) is 2.34. The van der Waals surface area contributed by atoms with Gasteiger partial charge in [0.15, 0.2) is 5.65 Å². The van der Waals surface area contributed by atoms with Crippen LogP contribution in [0.15, 0.2) is 53.3 Å². The summed E-state index contributed by atoms with van der Waals surface area (Å²) in [6, 6.07) is 11.2. The van der Waals surface area contributed by atoms with Gasteiger partial charge >= 0.3 is 0 Å². The number of hydrogen-bond acceptors (Lipinski definition) is 4. The highest BCUT2D eigenvalue weighted by Crippen LogP contribution is 2.22. The second-order valence-corrected chi connectivity index (χ2v) is 4.52. The molecule has 2 aromatic heterocycles. The van der Waals surface area contributed by atoms with E-state index in [1.165, 1.54) is 0 Å². The van der Waals surface area contributed by atoms with Crippen molar-refractivity contribution in [3.05, 3.63) is 53.3 Å². The number of benzene rings is 1. The molecule has 0 unspecified atom stereocenters. The summed E-state index contributed by atoms with van der Waals surface area (Å²) in [7, 11) is 0. The van der Waals surface area contributed by atoms with Crippen molar-refractivity contribution in [1.29, 1.82) is 0 Å². The smallest absolute Gasteiger partial charge is 0.221 e. The maximum Gasteiger partial charge on any atom is 0.221 e. The number of fused-ring (bicyclic) bond motifs is 1. The van der Waals surface area contributed by atoms with E-state index in [4.69, 9.17) is 4.74 Å². The summed E-state index contributed by atoms with van der Waals surface area (Å²) in [4.78, 5) is 12.6. The molecule has 18 heavy (non-hydrogen) atoms. The largest absolute Gasteiger partial charge is 0.439 e. The zero-order chi connectivity index (χ0) is 12.4. The van der Waals surface area contributed by atoms with E-state index < -0.39 is 0 Å². The Bertz CT molecular complexity index is 685. The molecule has 0 radical (unpaired) electrons. The average Bonchev–Trinajstić information content (AvgIpc) is 2.41. The SMILES string of the molecule is Brc1ccc(Oc2ccc3nccnc3n2)cc1. The summed E-state index contributed by atoms with van der Waals surface area (Å²) in [6.07, 6.45) is 3.25. The topological polar surface area (TPSA) is 47.9 Å². The lowest BCUT2D eigenvalue weighted by Crippen LogP contribution is -1.91. The van der Waals surface area contributed by atoms with Crippen LogP contribution in [0.5, 0.6) is 11.6 Å². The number of rotatable bonds is 2. The molecule has 4 nitrogen and oxygen atoms in total. The predicted octanol–water partition coefficient (Wildman–Crippen LogP) is 3.58. The number of nitrogens with zero attached hydrogens (tertiary/aromatic N) is 3. The molecule has 0 fully saturated rings. The highest BCUT2D eigenvalue weighted by Gasteiger charge is 2.02. The second kappa shape index (κ2) is 4.70. The van der Waals surface area contributed by atoms with E-state index >= 15 is 0 Å². The summed E-state index contributed by atoms with van der Waals surface area (Å²) < 4.78 is 6.65. The van der Waals surface area contributed by atoms with Crippen LogP contribution in [0.4, 0.5) is 0 Å². The van der Waals surface area contributed by atoms with Gasteiger partial charge in [-0.2, -0.15) is 4.98 Å². The van der Waals surface area contributed by atoms with Crippen LogP contribution in [-0.4, -0.2) is 15.0 Å². The summed E-state index contributed by atoms with van der Waals surface area (Å²) in [6.45, 7) is 0. The first-order valence-electron chi connectivity index (χ1n) is 5.32. The quantitative estimate of drug-likeness (QED) is 0.726. The van der Waals surface area contributed by atoms with Gasteiger partial charge < -0.3 is 4.74 Å². The lowest BCUT2D eigenvalue weighted by atomic mass is 10.3. The van der Waals surface area contributed by atoms with Crippen LogP contribution in [0.25, 0.3) is 11.2 Å². The van der Waals surface area contributed by atoms with E-state index in [0.717, 1.165) is 15.7 Å². The van der Waals surface area contributed by atoms with Crippen molar-refractivity contribution in [2.45, 2.75) is 0 Å². The normalized spacial score (nSPS) is 10.5. The first kappa shape index (κ1) is 11.1. The van der Waals surface area contributed by atoms with Crippen LogP contribution in [0.2, 0.25) is 0 Å². The zero-order valence-electron chi connectivity index (χ0n) is 9.25. The molecule has 0 amide bonds. The van der Waals surface area contributed by atoms with Crippen LogP contribution in [0, 0.1) is 0 Å². The Kier molecular flexibility index (Phi) is 2.90. The molecule has 1 aromatic carbocycles. The molecule has 0 aliphatic rings. The summed E-state index contributed by atoms with van der Waals surface area (Å²) in [5.74, 6) is 1.24. The standard InChI is InChI=1S/C13H8BrN3O/c14-9-1-3-10(4-2-9)18-12-6-5-11-13(17-12)16-8-7-15-11/h1-8H. The van der Waals surface area contributed by atoms with Gasteiger partial charge in [0.25, 0.3) is 0 Å². The summed E-state index contributed by atoms with van der Waals surface area (Å²) in [5, 5.41) is 0. The molecule has 0 N–H and O–H groups in total. The van der Waals surface area contributed by atoms with Crippen LogP contribution in [0.1, 0.15) is 0 Å². The Hall–Kier alpha value is -2.01. The molecule has 0 saturated carbocycles. The third-order valence-corrected chi connectivity index (χ3v) is 2.87. The zero-order valence-corrected chi connectivity index (χ0v) is 10.8. The van der Waals surface area contributed by atoms with Gasteiger partial charge in [0.1, 0.15) is 11.3 Å². The number of aromatic nitrogens is 3. The first-order chi connectivity index (χ1) is 8.81. The minimum atomic E-state index is 0.505. The van der Waals surface area contributed by atoms with Crippen LogP contribution in [-0.2, 0) is 0 Å². The molecule has 0 saturated heterocycles. The molecular weight excluding hydrogens is 294 g/mol. The van der Waals surface area contributed by atoms with Crippen molar-refractivity contribution >= 4 is 27.1 Å².